The van der Waals surface area contributed by atoms with E-state index in [-0.39, 0.29) is 5.56 Å². The van der Waals surface area contributed by atoms with E-state index >= 15 is 0 Å². The Hall–Kier alpha value is -2.04. The molecule has 104 valence electrons. The van der Waals surface area contributed by atoms with Crippen LogP contribution >= 0.6 is 0 Å². The molecule has 5 nitrogen and oxygen atoms in total. The van der Waals surface area contributed by atoms with Crippen LogP contribution in [0.2, 0.25) is 0 Å². The fourth-order valence-electron chi connectivity index (χ4n) is 1.73. The largest absolute Gasteiger partial charge is 0.478 e. The lowest BCUT2D eigenvalue weighted by Gasteiger charge is -2.20. The second-order valence-corrected chi connectivity index (χ2v) is 5.36. The normalized spacial score (nSPS) is 11.0. The van der Waals surface area contributed by atoms with Crippen LogP contribution in [0.15, 0.2) is 12.1 Å². The van der Waals surface area contributed by atoms with Crippen LogP contribution in [0.5, 0.6) is 0 Å². The summed E-state index contributed by atoms with van der Waals surface area (Å²) in [7, 11) is 0. The molecule has 0 bridgehead atoms. The molecule has 1 aromatic rings. The molecule has 0 unspecified atom stereocenters. The van der Waals surface area contributed by atoms with Gasteiger partial charge in [0.25, 0.3) is 0 Å². The van der Waals surface area contributed by atoms with Crippen LogP contribution in [-0.2, 0) is 4.74 Å². The quantitative estimate of drug-likeness (QED) is 0.859. The highest BCUT2D eigenvalue weighted by Crippen LogP contribution is 2.23. The van der Waals surface area contributed by atoms with Gasteiger partial charge in [-0.1, -0.05) is 6.07 Å². The van der Waals surface area contributed by atoms with Crippen LogP contribution in [-0.4, -0.2) is 22.8 Å². The SMILES string of the molecule is Cc1ccc(NC(=O)OC(C)(C)C)c(C)c1C(=O)O. The van der Waals surface area contributed by atoms with Gasteiger partial charge in [0.05, 0.1) is 5.56 Å². The van der Waals surface area contributed by atoms with Crippen LogP contribution in [0, 0.1) is 13.8 Å². The molecule has 0 aliphatic carbocycles. The Morgan fingerprint density at radius 2 is 1.79 bits per heavy atom. The molecule has 0 aromatic heterocycles. The van der Waals surface area contributed by atoms with E-state index in [0.29, 0.717) is 16.8 Å². The van der Waals surface area contributed by atoms with E-state index in [4.69, 9.17) is 9.84 Å². The molecule has 0 atom stereocenters. The minimum atomic E-state index is -1.01. The molecule has 19 heavy (non-hydrogen) atoms. The number of ether oxygens (including phenoxy) is 1. The van der Waals surface area contributed by atoms with Crippen molar-refractivity contribution in [2.75, 3.05) is 5.32 Å². The summed E-state index contributed by atoms with van der Waals surface area (Å²) < 4.78 is 5.13. The number of aryl methyl sites for hydroxylation is 1. The highest BCUT2D eigenvalue weighted by molar-refractivity contribution is 5.95. The van der Waals surface area contributed by atoms with Gasteiger partial charge >= 0.3 is 12.1 Å². The van der Waals surface area contributed by atoms with Gasteiger partial charge in [-0.3, -0.25) is 5.32 Å². The first kappa shape index (κ1) is 15.0. The molecule has 5 heteroatoms. The standard InChI is InChI=1S/C14H19NO4/c1-8-6-7-10(9(2)11(8)12(16)17)15-13(18)19-14(3,4)5/h6-7H,1-5H3,(H,15,18)(H,16,17). The molecule has 0 saturated carbocycles. The second kappa shape index (κ2) is 5.30. The molecular formula is C14H19NO4. The van der Waals surface area contributed by atoms with Crippen molar-refractivity contribution in [2.45, 2.75) is 40.2 Å². The van der Waals surface area contributed by atoms with E-state index in [1.807, 2.05) is 0 Å². The number of carboxylic acids is 1. The number of carbonyl (C=O) groups excluding carboxylic acids is 1. The maximum atomic E-state index is 11.7. The van der Waals surface area contributed by atoms with Gasteiger partial charge in [-0.2, -0.15) is 0 Å². The van der Waals surface area contributed by atoms with Crippen LogP contribution in [0.3, 0.4) is 0 Å². The average molecular weight is 265 g/mol. The van der Waals surface area contributed by atoms with E-state index in [1.165, 1.54) is 0 Å². The molecule has 0 radical (unpaired) electrons. The van der Waals surface area contributed by atoms with Gasteiger partial charge in [0.1, 0.15) is 5.60 Å². The lowest BCUT2D eigenvalue weighted by atomic mass is 10.0. The van der Waals surface area contributed by atoms with Gasteiger partial charge in [0.15, 0.2) is 0 Å². The van der Waals surface area contributed by atoms with E-state index < -0.39 is 17.7 Å². The summed E-state index contributed by atoms with van der Waals surface area (Å²) in [6.07, 6.45) is -0.601. The van der Waals surface area contributed by atoms with Crippen LogP contribution in [0.25, 0.3) is 0 Å². The number of carbonyl (C=O) groups is 2. The molecule has 0 aliphatic rings. The summed E-state index contributed by atoms with van der Waals surface area (Å²) >= 11 is 0. The molecule has 1 aromatic carbocycles. The third-order valence-corrected chi connectivity index (χ3v) is 2.52. The predicted molar refractivity (Wildman–Crippen MR) is 72.7 cm³/mol. The topological polar surface area (TPSA) is 75.6 Å². The Labute approximate surface area is 112 Å². The molecule has 2 N–H and O–H groups in total. The monoisotopic (exact) mass is 265 g/mol. The van der Waals surface area contributed by atoms with Crippen molar-refractivity contribution in [3.63, 3.8) is 0 Å². The van der Waals surface area contributed by atoms with Gasteiger partial charge in [0, 0.05) is 5.69 Å². The Morgan fingerprint density at radius 3 is 2.26 bits per heavy atom. The molecule has 0 heterocycles. The van der Waals surface area contributed by atoms with Crippen LogP contribution in [0.4, 0.5) is 10.5 Å². The van der Waals surface area contributed by atoms with Crippen molar-refractivity contribution < 1.29 is 19.4 Å². The molecule has 1 amide bonds. The first-order valence-electron chi connectivity index (χ1n) is 5.95. The lowest BCUT2D eigenvalue weighted by Crippen LogP contribution is -2.27. The minimum Gasteiger partial charge on any atom is -0.478 e. The van der Waals surface area contributed by atoms with E-state index in [9.17, 15) is 9.59 Å². The molecule has 0 spiro atoms. The van der Waals surface area contributed by atoms with Gasteiger partial charge in [-0.25, -0.2) is 9.59 Å². The van der Waals surface area contributed by atoms with Gasteiger partial charge in [-0.15, -0.1) is 0 Å². The lowest BCUT2D eigenvalue weighted by molar-refractivity contribution is 0.0632. The summed E-state index contributed by atoms with van der Waals surface area (Å²) in [5.74, 6) is -1.01. The van der Waals surface area contributed by atoms with E-state index in [0.717, 1.165) is 0 Å². The maximum absolute atomic E-state index is 11.7. The van der Waals surface area contributed by atoms with Crippen molar-refractivity contribution in [2.24, 2.45) is 0 Å². The third kappa shape index (κ3) is 3.98. The summed E-state index contributed by atoms with van der Waals surface area (Å²) in [6.45, 7) is 8.66. The third-order valence-electron chi connectivity index (χ3n) is 2.52. The number of aromatic carboxylic acids is 1. The number of hydrogen-bond donors (Lipinski definition) is 2. The first-order chi connectivity index (χ1) is 8.61. The van der Waals surface area contributed by atoms with Gasteiger partial charge in [-0.05, 0) is 51.8 Å². The number of amides is 1. The Kier molecular flexibility index (Phi) is 4.19. The van der Waals surface area contributed by atoms with E-state index in [2.05, 4.69) is 5.32 Å². The molecular weight excluding hydrogens is 246 g/mol. The second-order valence-electron chi connectivity index (χ2n) is 5.36. The molecule has 0 saturated heterocycles. The molecule has 1 rings (SSSR count). The zero-order chi connectivity index (χ0) is 14.8. The number of nitrogens with one attached hydrogen (secondary N) is 1. The summed E-state index contributed by atoms with van der Waals surface area (Å²) in [5, 5.41) is 11.7. The fraction of sp³-hybridized carbons (Fsp3) is 0.429. The summed E-state index contributed by atoms with van der Waals surface area (Å²) in [6, 6.07) is 3.32. The van der Waals surface area contributed by atoms with Crippen molar-refractivity contribution in [3.8, 4) is 0 Å². The number of rotatable bonds is 2. The Balaban J connectivity index is 3.01. The van der Waals surface area contributed by atoms with Crippen LogP contribution < -0.4 is 5.32 Å². The minimum absolute atomic E-state index is 0.202. The maximum Gasteiger partial charge on any atom is 0.412 e. The summed E-state index contributed by atoms with van der Waals surface area (Å²) in [4.78, 5) is 22.8. The fourth-order valence-corrected chi connectivity index (χ4v) is 1.73. The summed E-state index contributed by atoms with van der Waals surface area (Å²) in [5.41, 5.74) is 1.21. The average Bonchev–Trinajstić information content (AvgIpc) is 2.19. The zero-order valence-electron chi connectivity index (χ0n) is 11.8. The highest BCUT2D eigenvalue weighted by atomic mass is 16.6. The van der Waals surface area contributed by atoms with E-state index in [1.54, 1.807) is 46.8 Å². The Bertz CT molecular complexity index is 515. The van der Waals surface area contributed by atoms with Crippen LogP contribution in [0.1, 0.15) is 42.3 Å². The Morgan fingerprint density at radius 1 is 1.21 bits per heavy atom. The smallest absolute Gasteiger partial charge is 0.412 e. The van der Waals surface area contributed by atoms with Crippen molar-refractivity contribution >= 4 is 17.7 Å². The number of hydrogen-bond acceptors (Lipinski definition) is 3. The highest BCUT2D eigenvalue weighted by Gasteiger charge is 2.19. The zero-order valence-corrected chi connectivity index (χ0v) is 11.8. The van der Waals surface area contributed by atoms with Gasteiger partial charge in [0.2, 0.25) is 0 Å². The molecule has 0 aliphatic heterocycles. The number of anilines is 1. The number of carboxylic acid groups (broad SMARTS) is 1. The van der Waals surface area contributed by atoms with Crippen molar-refractivity contribution in [3.05, 3.63) is 28.8 Å². The van der Waals surface area contributed by atoms with Crippen molar-refractivity contribution in [1.82, 2.24) is 0 Å². The number of benzene rings is 1. The van der Waals surface area contributed by atoms with Crippen molar-refractivity contribution in [1.29, 1.82) is 0 Å². The molecule has 0 fully saturated rings. The predicted octanol–water partition coefficient (Wildman–Crippen LogP) is 3.35. The first-order valence-corrected chi connectivity index (χ1v) is 5.95. The van der Waals surface area contributed by atoms with Gasteiger partial charge < -0.3 is 9.84 Å².